The lowest BCUT2D eigenvalue weighted by molar-refractivity contribution is -0.120. The van der Waals surface area contributed by atoms with Crippen LogP contribution in [-0.2, 0) is 4.79 Å². The van der Waals surface area contributed by atoms with E-state index in [2.05, 4.69) is 10.3 Å². The van der Waals surface area contributed by atoms with E-state index in [0.717, 1.165) is 5.56 Å². The molecule has 3 N–H and O–H groups in total. The van der Waals surface area contributed by atoms with E-state index in [1.165, 1.54) is 0 Å². The first-order valence-electron chi connectivity index (χ1n) is 6.76. The second-order valence-electron chi connectivity index (χ2n) is 5.05. The average molecular weight is 298 g/mol. The summed E-state index contributed by atoms with van der Waals surface area (Å²) in [7, 11) is 3.61. The Kier molecular flexibility index (Phi) is 4.85. The number of carbonyl (C=O) groups is 2. The summed E-state index contributed by atoms with van der Waals surface area (Å²) in [5, 5.41) is 2.76. The molecule has 1 heterocycles. The Morgan fingerprint density at radius 1 is 1.18 bits per heavy atom. The van der Waals surface area contributed by atoms with Crippen molar-refractivity contribution in [2.45, 2.75) is 6.04 Å². The first-order chi connectivity index (χ1) is 10.5. The quantitative estimate of drug-likeness (QED) is 0.874. The fourth-order valence-electron chi connectivity index (χ4n) is 2.23. The number of amides is 2. The number of benzene rings is 1. The zero-order chi connectivity index (χ0) is 16.1. The van der Waals surface area contributed by atoms with Gasteiger partial charge in [-0.25, -0.2) is 0 Å². The molecule has 6 heteroatoms. The van der Waals surface area contributed by atoms with Crippen molar-refractivity contribution in [3.05, 3.63) is 59.9 Å². The Labute approximate surface area is 129 Å². The van der Waals surface area contributed by atoms with Gasteiger partial charge in [0.1, 0.15) is 6.04 Å². The number of nitrogens with two attached hydrogens (primary N) is 1. The summed E-state index contributed by atoms with van der Waals surface area (Å²) in [4.78, 5) is 29.8. The molecule has 0 aliphatic rings. The van der Waals surface area contributed by atoms with Crippen molar-refractivity contribution in [1.29, 1.82) is 0 Å². The molecule has 1 aromatic carbocycles. The Balaban J connectivity index is 2.29. The van der Waals surface area contributed by atoms with Gasteiger partial charge in [-0.15, -0.1) is 0 Å². The van der Waals surface area contributed by atoms with Crippen LogP contribution >= 0.6 is 0 Å². The van der Waals surface area contributed by atoms with Crippen LogP contribution in [0.15, 0.2) is 48.8 Å². The van der Waals surface area contributed by atoms with Crippen LogP contribution in [0.1, 0.15) is 22.0 Å². The molecule has 0 radical (unpaired) electrons. The minimum atomic E-state index is -0.585. The first-order valence-corrected chi connectivity index (χ1v) is 6.76. The largest absolute Gasteiger partial charge is 0.366 e. The molecule has 0 bridgehead atoms. The molecule has 114 valence electrons. The highest BCUT2D eigenvalue weighted by Crippen LogP contribution is 2.21. The van der Waals surface area contributed by atoms with Gasteiger partial charge in [-0.1, -0.05) is 18.2 Å². The fraction of sp³-hybridized carbons (Fsp3) is 0.188. The first kappa shape index (κ1) is 15.7. The molecule has 0 saturated heterocycles. The highest BCUT2D eigenvalue weighted by Gasteiger charge is 2.24. The number of pyridine rings is 1. The van der Waals surface area contributed by atoms with Crippen LogP contribution in [0, 0.1) is 0 Å². The maximum atomic E-state index is 12.6. The number of carbonyl (C=O) groups excluding carboxylic acids is 2. The van der Waals surface area contributed by atoms with E-state index < -0.39 is 11.9 Å². The van der Waals surface area contributed by atoms with Gasteiger partial charge in [0.2, 0.25) is 5.91 Å². The molecular formula is C16H18N4O2. The molecule has 6 nitrogen and oxygen atoms in total. The molecule has 0 aliphatic carbocycles. The molecule has 1 aromatic heterocycles. The van der Waals surface area contributed by atoms with E-state index in [-0.39, 0.29) is 11.5 Å². The van der Waals surface area contributed by atoms with Gasteiger partial charge in [0.15, 0.2) is 0 Å². The van der Waals surface area contributed by atoms with Gasteiger partial charge < -0.3 is 11.1 Å². The third-order valence-corrected chi connectivity index (χ3v) is 3.22. The molecule has 2 aromatic rings. The molecule has 0 saturated carbocycles. The van der Waals surface area contributed by atoms with Crippen molar-refractivity contribution < 1.29 is 9.59 Å². The van der Waals surface area contributed by atoms with Crippen molar-refractivity contribution in [2.24, 2.45) is 5.73 Å². The molecule has 2 amide bonds. The lowest BCUT2D eigenvalue weighted by Crippen LogP contribution is -2.33. The van der Waals surface area contributed by atoms with E-state index in [4.69, 9.17) is 5.73 Å². The Hall–Kier alpha value is -2.73. The van der Waals surface area contributed by atoms with Crippen molar-refractivity contribution in [3.63, 3.8) is 0 Å². The van der Waals surface area contributed by atoms with Gasteiger partial charge in [0.05, 0.1) is 11.3 Å². The van der Waals surface area contributed by atoms with Gasteiger partial charge >= 0.3 is 0 Å². The summed E-state index contributed by atoms with van der Waals surface area (Å²) in [5.74, 6) is -0.842. The molecule has 1 atom stereocenters. The maximum Gasteiger partial charge on any atom is 0.250 e. The van der Waals surface area contributed by atoms with E-state index in [1.807, 2.05) is 6.07 Å². The van der Waals surface area contributed by atoms with Gasteiger partial charge in [-0.05, 0) is 37.9 Å². The van der Waals surface area contributed by atoms with Gasteiger partial charge in [0, 0.05) is 12.4 Å². The number of anilines is 1. The summed E-state index contributed by atoms with van der Waals surface area (Å²) in [6, 6.07) is 9.74. The maximum absolute atomic E-state index is 12.6. The number of primary amides is 1. The third kappa shape index (κ3) is 3.48. The lowest BCUT2D eigenvalue weighted by atomic mass is 10.1. The molecule has 22 heavy (non-hydrogen) atoms. The topological polar surface area (TPSA) is 88.3 Å². The molecule has 0 fully saturated rings. The number of likely N-dealkylation sites (N-methyl/N-ethyl adjacent to an activating group) is 1. The number of para-hydroxylation sites is 1. The number of rotatable bonds is 5. The number of hydrogen-bond acceptors (Lipinski definition) is 4. The van der Waals surface area contributed by atoms with Crippen LogP contribution in [0.2, 0.25) is 0 Å². The second kappa shape index (κ2) is 6.82. The lowest BCUT2D eigenvalue weighted by Gasteiger charge is -2.23. The molecule has 2 rings (SSSR count). The standard InChI is InChI=1S/C16H18N4O2/c1-20(2)14(11-6-5-9-18-10-11)16(22)19-13-8-4-3-7-12(13)15(17)21/h3-10,14H,1-2H3,(H2,17,21)(H,19,22). The molecule has 0 aliphatic heterocycles. The molecule has 1 unspecified atom stereocenters. The SMILES string of the molecule is CN(C)C(C(=O)Nc1ccccc1C(N)=O)c1cccnc1. The summed E-state index contributed by atoms with van der Waals surface area (Å²) < 4.78 is 0. The Bertz CT molecular complexity index is 671. The van der Waals surface area contributed by atoms with Crippen LogP contribution in [0.3, 0.4) is 0 Å². The summed E-state index contributed by atoms with van der Waals surface area (Å²) in [5.41, 5.74) is 6.77. The smallest absolute Gasteiger partial charge is 0.250 e. The predicted octanol–water partition coefficient (Wildman–Crippen LogP) is 1.42. The summed E-state index contributed by atoms with van der Waals surface area (Å²) in [6.45, 7) is 0. The second-order valence-corrected chi connectivity index (χ2v) is 5.05. The van der Waals surface area contributed by atoms with Crippen LogP contribution in [0.5, 0.6) is 0 Å². The summed E-state index contributed by atoms with van der Waals surface area (Å²) in [6.07, 6.45) is 3.29. The predicted molar refractivity (Wildman–Crippen MR) is 84.3 cm³/mol. The third-order valence-electron chi connectivity index (χ3n) is 3.22. The van der Waals surface area contributed by atoms with E-state index in [0.29, 0.717) is 5.69 Å². The Morgan fingerprint density at radius 2 is 1.91 bits per heavy atom. The van der Waals surface area contributed by atoms with Gasteiger partial charge in [-0.2, -0.15) is 0 Å². The number of hydrogen-bond donors (Lipinski definition) is 2. The minimum Gasteiger partial charge on any atom is -0.366 e. The van der Waals surface area contributed by atoms with Crippen LogP contribution in [-0.4, -0.2) is 35.8 Å². The van der Waals surface area contributed by atoms with E-state index in [1.54, 1.807) is 61.7 Å². The van der Waals surface area contributed by atoms with Crippen LogP contribution < -0.4 is 11.1 Å². The van der Waals surface area contributed by atoms with Crippen molar-refractivity contribution in [1.82, 2.24) is 9.88 Å². The van der Waals surface area contributed by atoms with Crippen molar-refractivity contribution >= 4 is 17.5 Å². The highest BCUT2D eigenvalue weighted by atomic mass is 16.2. The van der Waals surface area contributed by atoms with E-state index >= 15 is 0 Å². The number of nitrogens with one attached hydrogen (secondary N) is 1. The van der Waals surface area contributed by atoms with Crippen LogP contribution in [0.25, 0.3) is 0 Å². The zero-order valence-electron chi connectivity index (χ0n) is 12.5. The van der Waals surface area contributed by atoms with Gasteiger partial charge in [0.25, 0.3) is 5.91 Å². The summed E-state index contributed by atoms with van der Waals surface area (Å²) >= 11 is 0. The minimum absolute atomic E-state index is 0.258. The van der Waals surface area contributed by atoms with Gasteiger partial charge in [-0.3, -0.25) is 19.5 Å². The zero-order valence-corrected chi connectivity index (χ0v) is 12.5. The molecular weight excluding hydrogens is 280 g/mol. The fourth-order valence-corrected chi connectivity index (χ4v) is 2.23. The Morgan fingerprint density at radius 3 is 2.50 bits per heavy atom. The van der Waals surface area contributed by atoms with Crippen molar-refractivity contribution in [2.75, 3.05) is 19.4 Å². The van der Waals surface area contributed by atoms with Crippen molar-refractivity contribution in [3.8, 4) is 0 Å². The number of aromatic nitrogens is 1. The molecule has 0 spiro atoms. The monoisotopic (exact) mass is 298 g/mol. The van der Waals surface area contributed by atoms with Crippen LogP contribution in [0.4, 0.5) is 5.69 Å². The highest BCUT2D eigenvalue weighted by molar-refractivity contribution is 6.04. The average Bonchev–Trinajstić information content (AvgIpc) is 2.48. The van der Waals surface area contributed by atoms with E-state index in [9.17, 15) is 9.59 Å². The normalized spacial score (nSPS) is 12.0. The number of nitrogens with zero attached hydrogens (tertiary/aromatic N) is 2.